The Kier molecular flexibility index (Phi) is 6.79. The van der Waals surface area contributed by atoms with Gasteiger partial charge in [-0.05, 0) is 49.6 Å². The molecule has 9 heteroatoms. The molecule has 1 amide bonds. The molecule has 3 rings (SSSR count). The van der Waals surface area contributed by atoms with Crippen LogP contribution >= 0.6 is 11.8 Å². The summed E-state index contributed by atoms with van der Waals surface area (Å²) in [5.74, 6) is -1.72. The van der Waals surface area contributed by atoms with Gasteiger partial charge in [-0.25, -0.2) is 4.39 Å². The van der Waals surface area contributed by atoms with Gasteiger partial charge in [0, 0.05) is 12.6 Å². The zero-order valence-corrected chi connectivity index (χ0v) is 16.4. The fourth-order valence-corrected chi connectivity index (χ4v) is 4.25. The molecule has 2 fully saturated rings. The zero-order chi connectivity index (χ0) is 20.1. The van der Waals surface area contributed by atoms with Crippen molar-refractivity contribution in [1.29, 1.82) is 0 Å². The number of carboxylic acids is 1. The topological polar surface area (TPSA) is 94.4 Å². The highest BCUT2D eigenvalue weighted by molar-refractivity contribution is 8.15. The Morgan fingerprint density at radius 1 is 1.46 bits per heavy atom. The van der Waals surface area contributed by atoms with Crippen LogP contribution in [0.5, 0.6) is 0 Å². The molecule has 28 heavy (non-hydrogen) atoms. The van der Waals surface area contributed by atoms with Gasteiger partial charge in [-0.2, -0.15) is 5.10 Å². The lowest BCUT2D eigenvalue weighted by Crippen LogP contribution is -2.37. The van der Waals surface area contributed by atoms with Crippen molar-refractivity contribution in [3.63, 3.8) is 0 Å². The van der Waals surface area contributed by atoms with Crippen LogP contribution in [-0.2, 0) is 16.1 Å². The van der Waals surface area contributed by atoms with E-state index in [9.17, 15) is 14.0 Å². The zero-order valence-electron chi connectivity index (χ0n) is 15.6. The molecule has 1 aromatic rings. The number of nitrogens with zero attached hydrogens (tertiary/aromatic N) is 3. The lowest BCUT2D eigenvalue weighted by atomic mass is 10.0. The van der Waals surface area contributed by atoms with Crippen LogP contribution < -0.4 is 5.32 Å². The summed E-state index contributed by atoms with van der Waals surface area (Å²) < 4.78 is 13.8. The number of thioether (sulfide) groups is 1. The second kappa shape index (κ2) is 9.29. The average Bonchev–Trinajstić information content (AvgIpc) is 2.97. The summed E-state index contributed by atoms with van der Waals surface area (Å²) in [7, 11) is 0. The normalized spacial score (nSPS) is 24.8. The van der Waals surface area contributed by atoms with E-state index in [0.717, 1.165) is 42.3 Å². The quantitative estimate of drug-likeness (QED) is 0.559. The standard InChI is InChI=1S/C19H23FN4O3S/c1-12-4-2-3-7-24(12)11-14-8-15(20)6-5-13(14)10-21-23-19-22-18(27)16(28-19)9-17(25)26/h5-6,8,10,12,16H,2-4,7,9,11H2,1H3,(H,25,26)(H,22,23,27). The number of carbonyl (C=O) groups excluding carboxylic acids is 1. The summed E-state index contributed by atoms with van der Waals surface area (Å²) in [4.78, 5) is 24.8. The molecule has 150 valence electrons. The summed E-state index contributed by atoms with van der Waals surface area (Å²) in [6, 6.07) is 5.02. The Morgan fingerprint density at radius 3 is 3.04 bits per heavy atom. The van der Waals surface area contributed by atoms with Crippen LogP contribution in [0.15, 0.2) is 28.4 Å². The third-order valence-corrected chi connectivity index (χ3v) is 5.97. The van der Waals surface area contributed by atoms with Gasteiger partial charge in [0.25, 0.3) is 0 Å². The van der Waals surface area contributed by atoms with Crippen molar-refractivity contribution in [2.45, 2.75) is 50.4 Å². The number of carbonyl (C=O) groups is 2. The van der Waals surface area contributed by atoms with Gasteiger partial charge < -0.3 is 10.4 Å². The van der Waals surface area contributed by atoms with E-state index in [1.807, 2.05) is 0 Å². The smallest absolute Gasteiger partial charge is 0.305 e. The van der Waals surface area contributed by atoms with Crippen molar-refractivity contribution < 1.29 is 19.1 Å². The van der Waals surface area contributed by atoms with Crippen LogP contribution in [0.1, 0.15) is 43.7 Å². The van der Waals surface area contributed by atoms with E-state index in [1.54, 1.807) is 6.07 Å². The molecule has 2 unspecified atom stereocenters. The molecule has 0 saturated carbocycles. The molecule has 0 bridgehead atoms. The SMILES string of the molecule is CC1CCCCN1Cc1cc(F)ccc1C=NN=C1NC(=O)C(CC(=O)O)S1. The average molecular weight is 406 g/mol. The molecular formula is C19H23FN4O3S. The van der Waals surface area contributed by atoms with E-state index >= 15 is 0 Å². The Morgan fingerprint density at radius 2 is 2.29 bits per heavy atom. The van der Waals surface area contributed by atoms with Crippen LogP contribution in [0.25, 0.3) is 0 Å². The molecule has 2 atom stereocenters. The first-order chi connectivity index (χ1) is 13.4. The first-order valence-corrected chi connectivity index (χ1v) is 10.1. The van der Waals surface area contributed by atoms with Gasteiger partial charge >= 0.3 is 5.97 Å². The highest BCUT2D eigenvalue weighted by Gasteiger charge is 2.32. The number of halogens is 1. The number of benzene rings is 1. The molecular weight excluding hydrogens is 383 g/mol. The van der Waals surface area contributed by atoms with Gasteiger partial charge in [0.2, 0.25) is 5.91 Å². The van der Waals surface area contributed by atoms with E-state index in [-0.39, 0.29) is 23.3 Å². The van der Waals surface area contributed by atoms with Crippen LogP contribution in [-0.4, -0.2) is 51.1 Å². The van der Waals surface area contributed by atoms with E-state index in [2.05, 4.69) is 27.3 Å². The number of aliphatic carboxylic acids is 1. The number of hydrogen-bond donors (Lipinski definition) is 2. The summed E-state index contributed by atoms with van der Waals surface area (Å²) >= 11 is 1.04. The van der Waals surface area contributed by atoms with Gasteiger partial charge in [-0.1, -0.05) is 24.2 Å². The minimum absolute atomic E-state index is 0.265. The van der Waals surface area contributed by atoms with Gasteiger partial charge in [-0.3, -0.25) is 14.5 Å². The number of piperidine rings is 1. The number of likely N-dealkylation sites (tertiary alicyclic amines) is 1. The molecule has 0 aromatic heterocycles. The number of carboxylic acid groups (broad SMARTS) is 1. The van der Waals surface area contributed by atoms with E-state index < -0.39 is 11.2 Å². The third-order valence-electron chi connectivity index (χ3n) is 4.90. The molecule has 2 saturated heterocycles. The van der Waals surface area contributed by atoms with Crippen LogP contribution in [0.3, 0.4) is 0 Å². The fraction of sp³-hybridized carbons (Fsp3) is 0.474. The molecule has 7 nitrogen and oxygen atoms in total. The van der Waals surface area contributed by atoms with Crippen molar-refractivity contribution in [2.24, 2.45) is 10.2 Å². The maximum Gasteiger partial charge on any atom is 0.305 e. The van der Waals surface area contributed by atoms with Crippen LogP contribution in [0, 0.1) is 5.82 Å². The van der Waals surface area contributed by atoms with Gasteiger partial charge in [0.05, 0.1) is 12.6 Å². The minimum Gasteiger partial charge on any atom is -0.481 e. The van der Waals surface area contributed by atoms with E-state index in [1.165, 1.54) is 24.8 Å². The molecule has 1 aromatic carbocycles. The monoisotopic (exact) mass is 406 g/mol. The molecule has 2 heterocycles. The lowest BCUT2D eigenvalue weighted by Gasteiger charge is -2.33. The third kappa shape index (κ3) is 5.39. The minimum atomic E-state index is -1.04. The maximum absolute atomic E-state index is 13.8. The lowest BCUT2D eigenvalue weighted by molar-refractivity contribution is -0.138. The van der Waals surface area contributed by atoms with E-state index in [0.29, 0.717) is 12.6 Å². The second-order valence-electron chi connectivity index (χ2n) is 7.00. The summed E-state index contributed by atoms with van der Waals surface area (Å²) in [5.41, 5.74) is 1.60. The summed E-state index contributed by atoms with van der Waals surface area (Å²) in [6.45, 7) is 3.82. The molecule has 2 N–H and O–H groups in total. The maximum atomic E-state index is 13.8. The second-order valence-corrected chi connectivity index (χ2v) is 8.19. The molecule has 2 aliphatic rings. The Labute approximate surface area is 167 Å². The Bertz CT molecular complexity index is 814. The van der Waals surface area contributed by atoms with Crippen LogP contribution in [0.2, 0.25) is 0 Å². The van der Waals surface area contributed by atoms with Crippen molar-refractivity contribution in [1.82, 2.24) is 10.2 Å². The van der Waals surface area contributed by atoms with Crippen molar-refractivity contribution in [3.8, 4) is 0 Å². The summed E-state index contributed by atoms with van der Waals surface area (Å²) in [6.07, 6.45) is 4.77. The van der Waals surface area contributed by atoms with Gasteiger partial charge in [0.15, 0.2) is 5.17 Å². The van der Waals surface area contributed by atoms with Crippen LogP contribution in [0.4, 0.5) is 4.39 Å². The molecule has 0 spiro atoms. The highest BCUT2D eigenvalue weighted by Crippen LogP contribution is 2.23. The number of amidine groups is 1. The Balaban J connectivity index is 1.70. The van der Waals surface area contributed by atoms with Crippen molar-refractivity contribution >= 4 is 35.0 Å². The Hall–Kier alpha value is -2.26. The number of rotatable bonds is 6. The van der Waals surface area contributed by atoms with Gasteiger partial charge in [0.1, 0.15) is 11.1 Å². The predicted molar refractivity (Wildman–Crippen MR) is 107 cm³/mol. The number of amides is 1. The van der Waals surface area contributed by atoms with Crippen molar-refractivity contribution in [2.75, 3.05) is 6.54 Å². The van der Waals surface area contributed by atoms with Crippen molar-refractivity contribution in [3.05, 3.63) is 35.1 Å². The van der Waals surface area contributed by atoms with Gasteiger partial charge in [-0.15, -0.1) is 5.10 Å². The first kappa shape index (κ1) is 20.5. The summed E-state index contributed by atoms with van der Waals surface area (Å²) in [5, 5.41) is 18.9. The highest BCUT2D eigenvalue weighted by atomic mass is 32.2. The molecule has 0 radical (unpaired) electrons. The number of hydrogen-bond acceptors (Lipinski definition) is 6. The molecule has 0 aliphatic carbocycles. The fourth-order valence-electron chi connectivity index (χ4n) is 3.34. The van der Waals surface area contributed by atoms with E-state index in [4.69, 9.17) is 5.11 Å². The first-order valence-electron chi connectivity index (χ1n) is 9.25. The largest absolute Gasteiger partial charge is 0.481 e. The molecule has 2 aliphatic heterocycles. The number of nitrogens with one attached hydrogen (secondary N) is 1. The predicted octanol–water partition coefficient (Wildman–Crippen LogP) is 2.60.